The smallest absolute Gasteiger partial charge is 0.379 e. The Bertz CT molecular complexity index is 501. The topological polar surface area (TPSA) is 63.6 Å². The molecule has 0 aliphatic heterocycles. The molecule has 4 heteroatoms. The van der Waals surface area contributed by atoms with E-state index in [1.54, 1.807) is 13.0 Å². The molecule has 96 valence electrons. The molecule has 0 saturated carbocycles. The maximum Gasteiger partial charge on any atom is 0.379 e. The lowest BCUT2D eigenvalue weighted by Crippen LogP contribution is -2.15. The van der Waals surface area contributed by atoms with Crippen LogP contribution in [-0.4, -0.2) is 23.5 Å². The van der Waals surface area contributed by atoms with Crippen molar-refractivity contribution in [3.05, 3.63) is 41.0 Å². The SMILES string of the molecule is CCOC(=O)C(=O)/C=C(\O)c1ccc(C)cc1C. The average Bonchev–Trinajstić information content (AvgIpc) is 2.28. The second-order valence-corrected chi connectivity index (χ2v) is 3.93. The van der Waals surface area contributed by atoms with Gasteiger partial charge in [-0.05, 0) is 26.3 Å². The summed E-state index contributed by atoms with van der Waals surface area (Å²) in [5.74, 6) is -2.06. The maximum atomic E-state index is 11.4. The molecule has 1 aromatic rings. The minimum Gasteiger partial charge on any atom is -0.507 e. The van der Waals surface area contributed by atoms with E-state index in [1.165, 1.54) is 0 Å². The van der Waals surface area contributed by atoms with E-state index in [2.05, 4.69) is 4.74 Å². The van der Waals surface area contributed by atoms with Gasteiger partial charge in [-0.2, -0.15) is 0 Å². The van der Waals surface area contributed by atoms with Crippen molar-refractivity contribution < 1.29 is 19.4 Å². The summed E-state index contributed by atoms with van der Waals surface area (Å²) in [6.07, 6.45) is 0.885. The standard InChI is InChI=1S/C14H16O4/c1-4-18-14(17)13(16)8-12(15)11-6-5-9(2)7-10(11)3/h5-8,15H,4H2,1-3H3/b12-8-. The first-order valence-electron chi connectivity index (χ1n) is 5.65. The summed E-state index contributed by atoms with van der Waals surface area (Å²) in [6, 6.07) is 5.41. The van der Waals surface area contributed by atoms with E-state index in [4.69, 9.17) is 0 Å². The van der Waals surface area contributed by atoms with Gasteiger partial charge in [-0.1, -0.05) is 23.8 Å². The Labute approximate surface area is 106 Å². The Balaban J connectivity index is 2.96. The minimum absolute atomic E-state index is 0.128. The van der Waals surface area contributed by atoms with E-state index >= 15 is 0 Å². The lowest BCUT2D eigenvalue weighted by atomic mass is 10.0. The van der Waals surface area contributed by atoms with E-state index in [0.717, 1.165) is 17.2 Å². The number of aryl methyl sites for hydroxylation is 2. The van der Waals surface area contributed by atoms with Crippen molar-refractivity contribution in [2.75, 3.05) is 6.61 Å². The third-order valence-electron chi connectivity index (χ3n) is 2.40. The van der Waals surface area contributed by atoms with Crippen molar-refractivity contribution in [3.63, 3.8) is 0 Å². The summed E-state index contributed by atoms with van der Waals surface area (Å²) >= 11 is 0. The summed E-state index contributed by atoms with van der Waals surface area (Å²) in [5.41, 5.74) is 2.42. The van der Waals surface area contributed by atoms with E-state index < -0.39 is 11.8 Å². The molecule has 0 amide bonds. The van der Waals surface area contributed by atoms with Crippen LogP contribution in [0.25, 0.3) is 5.76 Å². The largest absolute Gasteiger partial charge is 0.507 e. The van der Waals surface area contributed by atoms with Gasteiger partial charge in [-0.3, -0.25) is 4.79 Å². The number of benzene rings is 1. The Morgan fingerprint density at radius 3 is 2.56 bits per heavy atom. The van der Waals surface area contributed by atoms with Crippen molar-refractivity contribution in [1.29, 1.82) is 0 Å². The van der Waals surface area contributed by atoms with Gasteiger partial charge in [0.15, 0.2) is 0 Å². The van der Waals surface area contributed by atoms with Gasteiger partial charge in [0.25, 0.3) is 5.78 Å². The second kappa shape index (κ2) is 6.00. The fraction of sp³-hybridized carbons (Fsp3) is 0.286. The molecule has 0 radical (unpaired) electrons. The first kappa shape index (κ1) is 14.0. The van der Waals surface area contributed by atoms with Crippen molar-refractivity contribution in [3.8, 4) is 0 Å². The monoisotopic (exact) mass is 248 g/mol. The van der Waals surface area contributed by atoms with Crippen LogP contribution >= 0.6 is 0 Å². The molecule has 0 atom stereocenters. The molecule has 0 aromatic heterocycles. The fourth-order valence-electron chi connectivity index (χ4n) is 1.56. The Morgan fingerprint density at radius 2 is 2.00 bits per heavy atom. The summed E-state index contributed by atoms with van der Waals surface area (Å²) in [7, 11) is 0. The molecule has 1 aromatic carbocycles. The van der Waals surface area contributed by atoms with E-state index in [9.17, 15) is 14.7 Å². The normalized spacial score (nSPS) is 11.2. The molecule has 0 aliphatic rings. The molecule has 0 unspecified atom stereocenters. The molecule has 4 nitrogen and oxygen atoms in total. The summed E-state index contributed by atoms with van der Waals surface area (Å²) in [4.78, 5) is 22.5. The Hall–Kier alpha value is -2.10. The molecule has 0 spiro atoms. The molecular formula is C14H16O4. The quantitative estimate of drug-likeness (QED) is 0.384. The van der Waals surface area contributed by atoms with Crippen LogP contribution in [-0.2, 0) is 14.3 Å². The zero-order valence-corrected chi connectivity index (χ0v) is 10.7. The van der Waals surface area contributed by atoms with Crippen LogP contribution in [0, 0.1) is 13.8 Å². The molecule has 18 heavy (non-hydrogen) atoms. The van der Waals surface area contributed by atoms with Crippen LogP contribution in [0.2, 0.25) is 0 Å². The number of carbonyl (C=O) groups is 2. The van der Waals surface area contributed by atoms with Gasteiger partial charge in [0.1, 0.15) is 5.76 Å². The highest BCUT2D eigenvalue weighted by Crippen LogP contribution is 2.17. The minimum atomic E-state index is -0.964. The first-order chi connectivity index (χ1) is 8.45. The van der Waals surface area contributed by atoms with Crippen molar-refractivity contribution in [2.45, 2.75) is 20.8 Å². The van der Waals surface area contributed by atoms with E-state index in [1.807, 2.05) is 26.0 Å². The van der Waals surface area contributed by atoms with Crippen LogP contribution in [0.5, 0.6) is 0 Å². The predicted molar refractivity (Wildman–Crippen MR) is 68.2 cm³/mol. The number of carbonyl (C=O) groups excluding carboxylic acids is 2. The number of esters is 1. The lowest BCUT2D eigenvalue weighted by Gasteiger charge is -2.05. The number of aliphatic hydroxyl groups excluding tert-OH is 1. The summed E-state index contributed by atoms with van der Waals surface area (Å²) < 4.78 is 4.55. The number of hydrogen-bond acceptors (Lipinski definition) is 4. The number of ketones is 1. The van der Waals surface area contributed by atoms with E-state index in [-0.39, 0.29) is 12.4 Å². The molecule has 0 saturated heterocycles. The number of ether oxygens (including phenoxy) is 1. The van der Waals surface area contributed by atoms with Crippen LogP contribution < -0.4 is 0 Å². The third kappa shape index (κ3) is 3.45. The molecule has 1 rings (SSSR count). The fourth-order valence-corrected chi connectivity index (χ4v) is 1.56. The Kier molecular flexibility index (Phi) is 4.66. The van der Waals surface area contributed by atoms with Crippen LogP contribution in [0.4, 0.5) is 0 Å². The van der Waals surface area contributed by atoms with Crippen molar-refractivity contribution >= 4 is 17.5 Å². The third-order valence-corrected chi connectivity index (χ3v) is 2.40. The highest BCUT2D eigenvalue weighted by molar-refractivity contribution is 6.39. The molecular weight excluding hydrogens is 232 g/mol. The number of aliphatic hydroxyl groups is 1. The number of rotatable bonds is 4. The lowest BCUT2D eigenvalue weighted by molar-refractivity contribution is -0.151. The van der Waals surface area contributed by atoms with Gasteiger partial charge >= 0.3 is 5.97 Å². The van der Waals surface area contributed by atoms with Gasteiger partial charge in [0, 0.05) is 11.6 Å². The molecule has 0 fully saturated rings. The average molecular weight is 248 g/mol. The van der Waals surface area contributed by atoms with Crippen molar-refractivity contribution in [1.82, 2.24) is 0 Å². The van der Waals surface area contributed by atoms with Crippen LogP contribution in [0.3, 0.4) is 0 Å². The van der Waals surface area contributed by atoms with Gasteiger partial charge in [-0.25, -0.2) is 4.79 Å². The van der Waals surface area contributed by atoms with Gasteiger partial charge in [0.2, 0.25) is 0 Å². The Morgan fingerprint density at radius 1 is 1.33 bits per heavy atom. The highest BCUT2D eigenvalue weighted by atomic mass is 16.5. The zero-order chi connectivity index (χ0) is 13.7. The predicted octanol–water partition coefficient (Wildman–Crippen LogP) is 2.33. The second-order valence-electron chi connectivity index (χ2n) is 3.93. The molecule has 0 aliphatic carbocycles. The summed E-state index contributed by atoms with van der Waals surface area (Å²) in [6.45, 7) is 5.49. The molecule has 0 bridgehead atoms. The van der Waals surface area contributed by atoms with Gasteiger partial charge in [-0.15, -0.1) is 0 Å². The van der Waals surface area contributed by atoms with Crippen LogP contribution in [0.15, 0.2) is 24.3 Å². The van der Waals surface area contributed by atoms with Gasteiger partial charge < -0.3 is 9.84 Å². The van der Waals surface area contributed by atoms with Crippen molar-refractivity contribution in [2.24, 2.45) is 0 Å². The first-order valence-corrected chi connectivity index (χ1v) is 5.65. The molecule has 1 N–H and O–H groups in total. The van der Waals surface area contributed by atoms with Crippen LogP contribution in [0.1, 0.15) is 23.6 Å². The van der Waals surface area contributed by atoms with Gasteiger partial charge in [0.05, 0.1) is 6.61 Å². The maximum absolute atomic E-state index is 11.4. The zero-order valence-electron chi connectivity index (χ0n) is 10.7. The highest BCUT2D eigenvalue weighted by Gasteiger charge is 2.14. The summed E-state index contributed by atoms with van der Waals surface area (Å²) in [5, 5.41) is 9.81. The van der Waals surface area contributed by atoms with E-state index in [0.29, 0.717) is 5.56 Å². The number of hydrogen-bond donors (Lipinski definition) is 1. The molecule has 0 heterocycles.